The Morgan fingerprint density at radius 3 is 1.52 bits per heavy atom. The summed E-state index contributed by atoms with van der Waals surface area (Å²) >= 11 is 0. The Hall–Kier alpha value is -2.70. The topological polar surface area (TPSA) is 82.1 Å². The minimum atomic E-state index is -0.684. The van der Waals surface area contributed by atoms with E-state index in [1.165, 1.54) is 36.1 Å². The number of aliphatic hydroxyl groups is 1. The minimum absolute atomic E-state index is 0.0948. The largest absolute Gasteiger partial charge is 0.461 e. The van der Waals surface area contributed by atoms with Gasteiger partial charge in [-0.05, 0) is 104 Å². The van der Waals surface area contributed by atoms with Crippen LogP contribution in [0.3, 0.4) is 0 Å². The van der Waals surface area contributed by atoms with Gasteiger partial charge in [-0.3, -0.25) is 9.59 Å². The summed E-state index contributed by atoms with van der Waals surface area (Å²) in [5.41, 5.74) is 7.06. The minimum Gasteiger partial charge on any atom is -0.461 e. The first-order valence-electron chi connectivity index (χ1n) is 14.4. The Bertz CT molecular complexity index is 945. The van der Waals surface area contributed by atoms with Gasteiger partial charge in [0.05, 0.1) is 13.2 Å². The van der Waals surface area contributed by atoms with Crippen LogP contribution in [-0.4, -0.2) is 43.2 Å². The van der Waals surface area contributed by atoms with Gasteiger partial charge >= 0.3 is 11.9 Å². The van der Waals surface area contributed by atoms with Crippen molar-refractivity contribution >= 4 is 11.9 Å². The van der Waals surface area contributed by atoms with E-state index in [4.69, 9.17) is 19.3 Å². The van der Waals surface area contributed by atoms with Crippen molar-refractivity contribution in [1.29, 1.82) is 0 Å². The summed E-state index contributed by atoms with van der Waals surface area (Å²) in [4.78, 5) is 22.5. The molecule has 0 aliphatic rings. The fourth-order valence-corrected chi connectivity index (χ4v) is 3.79. The summed E-state index contributed by atoms with van der Waals surface area (Å²) in [6, 6.07) is 0. The Kier molecular flexibility index (Phi) is 21.5. The fraction of sp³-hybridized carbons (Fsp3) is 0.588. The van der Waals surface area contributed by atoms with Crippen LogP contribution in [0.2, 0.25) is 0 Å². The molecule has 1 atom stereocenters. The SMILES string of the molecule is CC(=O)OCC(C)=CCCC(C)=CCCC(C)=CCOC(OC(C)=O)C(C)=CCCC(C)=CCCC(C)=CCO. The maximum atomic E-state index is 11.6. The summed E-state index contributed by atoms with van der Waals surface area (Å²) < 4.78 is 16.3. The highest BCUT2D eigenvalue weighted by atomic mass is 16.7. The average molecular weight is 559 g/mol. The normalized spacial score (nSPS) is 14.8. The molecule has 0 aromatic rings. The van der Waals surface area contributed by atoms with Gasteiger partial charge < -0.3 is 19.3 Å². The van der Waals surface area contributed by atoms with E-state index in [2.05, 4.69) is 45.1 Å². The van der Waals surface area contributed by atoms with Crippen molar-refractivity contribution in [2.45, 2.75) is 113 Å². The Balaban J connectivity index is 4.63. The molecule has 0 aromatic carbocycles. The second kappa shape index (κ2) is 23.0. The maximum Gasteiger partial charge on any atom is 0.305 e. The van der Waals surface area contributed by atoms with Gasteiger partial charge in [0.25, 0.3) is 0 Å². The summed E-state index contributed by atoms with van der Waals surface area (Å²) in [6.45, 7) is 16.0. The second-order valence-electron chi connectivity index (χ2n) is 10.6. The summed E-state index contributed by atoms with van der Waals surface area (Å²) in [7, 11) is 0. The van der Waals surface area contributed by atoms with Crippen LogP contribution in [0.1, 0.15) is 107 Å². The third-order valence-corrected chi connectivity index (χ3v) is 6.37. The van der Waals surface area contributed by atoms with E-state index in [9.17, 15) is 9.59 Å². The van der Waals surface area contributed by atoms with Gasteiger partial charge in [0, 0.05) is 13.8 Å². The van der Waals surface area contributed by atoms with Gasteiger partial charge in [-0.1, -0.05) is 58.7 Å². The van der Waals surface area contributed by atoms with Crippen LogP contribution in [-0.2, 0) is 23.8 Å². The van der Waals surface area contributed by atoms with E-state index in [0.29, 0.717) is 13.2 Å². The number of allylic oxidation sites excluding steroid dienone is 8. The molecular formula is C34H54O6. The monoisotopic (exact) mass is 558 g/mol. The van der Waals surface area contributed by atoms with Crippen molar-refractivity contribution in [2.24, 2.45) is 0 Å². The van der Waals surface area contributed by atoms with E-state index < -0.39 is 6.29 Å². The number of rotatable bonds is 20. The van der Waals surface area contributed by atoms with E-state index >= 15 is 0 Å². The number of hydrogen-bond acceptors (Lipinski definition) is 6. The van der Waals surface area contributed by atoms with Gasteiger partial charge in [0.15, 0.2) is 0 Å². The van der Waals surface area contributed by atoms with Gasteiger partial charge in [-0.25, -0.2) is 0 Å². The van der Waals surface area contributed by atoms with E-state index in [1.54, 1.807) is 0 Å². The molecule has 1 N–H and O–H groups in total. The molecule has 6 nitrogen and oxygen atoms in total. The van der Waals surface area contributed by atoms with Gasteiger partial charge in [-0.15, -0.1) is 0 Å². The molecule has 6 heteroatoms. The Labute approximate surface area is 243 Å². The lowest BCUT2D eigenvalue weighted by molar-refractivity contribution is -0.166. The summed E-state index contributed by atoms with van der Waals surface area (Å²) in [5.74, 6) is -0.617. The molecule has 0 radical (unpaired) electrons. The molecule has 0 aromatic heterocycles. The highest BCUT2D eigenvalue weighted by Gasteiger charge is 2.14. The van der Waals surface area contributed by atoms with Crippen LogP contribution < -0.4 is 0 Å². The molecule has 0 rings (SSSR count). The fourth-order valence-electron chi connectivity index (χ4n) is 3.79. The summed E-state index contributed by atoms with van der Waals surface area (Å²) in [5, 5.41) is 8.95. The van der Waals surface area contributed by atoms with Crippen molar-refractivity contribution in [2.75, 3.05) is 19.8 Å². The molecule has 0 saturated carbocycles. The molecule has 0 fully saturated rings. The number of esters is 2. The standard InChI is InChI=1S/C34H54O6/c1-26(15-11-19-30(5)25-39-32(7)36)14-10-17-29(4)22-24-38-34(40-33(8)37)31(6)20-12-18-27(2)13-9-16-28(3)21-23-35/h13-14,19-22,34-35H,9-12,15-18,23-25H2,1-8H3. The predicted molar refractivity (Wildman–Crippen MR) is 165 cm³/mol. The maximum absolute atomic E-state index is 11.6. The van der Waals surface area contributed by atoms with E-state index in [1.807, 2.05) is 32.9 Å². The van der Waals surface area contributed by atoms with E-state index in [-0.39, 0.29) is 18.5 Å². The molecule has 0 bridgehead atoms. The molecule has 1 unspecified atom stereocenters. The quantitative estimate of drug-likeness (QED) is 0.0920. The van der Waals surface area contributed by atoms with Crippen LogP contribution in [0.5, 0.6) is 0 Å². The molecule has 0 aliphatic heterocycles. The lowest BCUT2D eigenvalue weighted by Gasteiger charge is -2.18. The zero-order valence-corrected chi connectivity index (χ0v) is 26.3. The molecule has 0 saturated heterocycles. The molecule has 0 amide bonds. The first-order valence-corrected chi connectivity index (χ1v) is 14.4. The zero-order valence-electron chi connectivity index (χ0n) is 26.3. The molecule has 40 heavy (non-hydrogen) atoms. The smallest absolute Gasteiger partial charge is 0.305 e. The number of carbonyl (C=O) groups excluding carboxylic acids is 2. The highest BCUT2D eigenvalue weighted by Crippen LogP contribution is 2.16. The van der Waals surface area contributed by atoms with Crippen LogP contribution in [0.4, 0.5) is 0 Å². The number of aliphatic hydroxyl groups excluding tert-OH is 1. The Morgan fingerprint density at radius 2 is 1.05 bits per heavy atom. The van der Waals surface area contributed by atoms with Crippen LogP contribution in [0, 0.1) is 0 Å². The van der Waals surface area contributed by atoms with Crippen LogP contribution in [0.15, 0.2) is 69.9 Å². The molecular weight excluding hydrogens is 504 g/mol. The highest BCUT2D eigenvalue weighted by molar-refractivity contribution is 5.66. The molecule has 0 aliphatic carbocycles. The first-order chi connectivity index (χ1) is 18.9. The number of ether oxygens (including phenoxy) is 3. The van der Waals surface area contributed by atoms with Crippen LogP contribution in [0.25, 0.3) is 0 Å². The van der Waals surface area contributed by atoms with Crippen LogP contribution >= 0.6 is 0 Å². The zero-order chi connectivity index (χ0) is 30.3. The van der Waals surface area contributed by atoms with Gasteiger partial charge in [-0.2, -0.15) is 0 Å². The summed E-state index contributed by atoms with van der Waals surface area (Å²) in [6.07, 6.45) is 19.4. The van der Waals surface area contributed by atoms with Gasteiger partial charge in [0.1, 0.15) is 6.61 Å². The molecule has 226 valence electrons. The first kappa shape index (κ1) is 37.3. The van der Waals surface area contributed by atoms with Crippen molar-refractivity contribution in [3.05, 3.63) is 69.9 Å². The third-order valence-electron chi connectivity index (χ3n) is 6.37. The predicted octanol–water partition coefficient (Wildman–Crippen LogP) is 8.25. The third kappa shape index (κ3) is 22.2. The number of hydrogen-bond donors (Lipinski definition) is 1. The van der Waals surface area contributed by atoms with Crippen molar-refractivity contribution in [3.8, 4) is 0 Å². The lowest BCUT2D eigenvalue weighted by atomic mass is 10.1. The number of carbonyl (C=O) groups is 2. The van der Waals surface area contributed by atoms with E-state index in [0.717, 1.165) is 62.5 Å². The Morgan fingerprint density at radius 1 is 0.600 bits per heavy atom. The second-order valence-corrected chi connectivity index (χ2v) is 10.6. The van der Waals surface area contributed by atoms with Gasteiger partial charge in [0.2, 0.25) is 6.29 Å². The molecule has 0 heterocycles. The molecule has 0 spiro atoms. The lowest BCUT2D eigenvalue weighted by Crippen LogP contribution is -2.21. The van der Waals surface area contributed by atoms with Crippen molar-refractivity contribution in [1.82, 2.24) is 0 Å². The average Bonchev–Trinajstić information content (AvgIpc) is 2.86. The van der Waals surface area contributed by atoms with Crippen molar-refractivity contribution in [3.63, 3.8) is 0 Å². The van der Waals surface area contributed by atoms with Crippen molar-refractivity contribution < 1.29 is 28.9 Å².